The maximum Gasteiger partial charge on any atom is 0.248 e. The number of carbonyl (C=O) groups excluding carboxylic acids is 1. The summed E-state index contributed by atoms with van der Waals surface area (Å²) in [5.74, 6) is 1.04. The van der Waals surface area contributed by atoms with Crippen molar-refractivity contribution in [3.05, 3.63) is 95.1 Å². The number of aryl methyl sites for hydroxylation is 1. The lowest BCUT2D eigenvalue weighted by molar-refractivity contribution is 0.100. The standard InChI is InChI=1S/C26H30N4O2/c1-18(2)32-24-14-12-23(13-15-24)30-26(29-17-22-7-5-4-6-19(22)3)28-16-20-8-10-21(11-9-20)25(27)31/h4-15,18H,16-17H2,1-3H3,(H2,27,31)(H2,28,29,30). The molecule has 0 aliphatic heterocycles. The summed E-state index contributed by atoms with van der Waals surface area (Å²) in [5, 5.41) is 6.76. The van der Waals surface area contributed by atoms with E-state index in [9.17, 15) is 4.79 Å². The van der Waals surface area contributed by atoms with Gasteiger partial charge in [0.15, 0.2) is 5.96 Å². The van der Waals surface area contributed by atoms with Crippen molar-refractivity contribution in [1.29, 1.82) is 0 Å². The molecule has 32 heavy (non-hydrogen) atoms. The fraction of sp³-hybridized carbons (Fsp3) is 0.231. The van der Waals surface area contributed by atoms with Crippen molar-refractivity contribution in [3.8, 4) is 5.75 Å². The zero-order valence-corrected chi connectivity index (χ0v) is 18.8. The van der Waals surface area contributed by atoms with Crippen LogP contribution in [0.25, 0.3) is 0 Å². The number of hydrogen-bond donors (Lipinski definition) is 3. The highest BCUT2D eigenvalue weighted by molar-refractivity contribution is 5.94. The van der Waals surface area contributed by atoms with Gasteiger partial charge in [-0.2, -0.15) is 0 Å². The number of amides is 1. The molecule has 3 aromatic carbocycles. The van der Waals surface area contributed by atoms with E-state index in [2.05, 4.69) is 29.7 Å². The molecule has 0 spiro atoms. The molecule has 3 rings (SSSR count). The molecule has 0 saturated heterocycles. The Morgan fingerprint density at radius 2 is 1.69 bits per heavy atom. The Morgan fingerprint density at radius 1 is 1.00 bits per heavy atom. The number of nitrogens with two attached hydrogens (primary N) is 1. The monoisotopic (exact) mass is 430 g/mol. The number of aliphatic imine (C=N–C) groups is 1. The first kappa shape index (κ1) is 22.9. The molecule has 0 aliphatic rings. The minimum Gasteiger partial charge on any atom is -0.491 e. The van der Waals surface area contributed by atoms with E-state index >= 15 is 0 Å². The van der Waals surface area contributed by atoms with E-state index in [4.69, 9.17) is 15.5 Å². The van der Waals surface area contributed by atoms with Gasteiger partial charge in [-0.3, -0.25) is 4.79 Å². The number of rotatable bonds is 8. The molecule has 0 radical (unpaired) electrons. The van der Waals surface area contributed by atoms with Gasteiger partial charge in [0.25, 0.3) is 0 Å². The van der Waals surface area contributed by atoms with E-state index in [0.717, 1.165) is 17.0 Å². The van der Waals surface area contributed by atoms with Crippen molar-refractivity contribution in [2.24, 2.45) is 10.7 Å². The van der Waals surface area contributed by atoms with Crippen LogP contribution in [0.3, 0.4) is 0 Å². The maximum atomic E-state index is 11.3. The van der Waals surface area contributed by atoms with Gasteiger partial charge in [0.1, 0.15) is 5.75 Å². The van der Waals surface area contributed by atoms with E-state index in [1.54, 1.807) is 12.1 Å². The average molecular weight is 431 g/mol. The molecule has 6 nitrogen and oxygen atoms in total. The molecular weight excluding hydrogens is 400 g/mol. The van der Waals surface area contributed by atoms with Gasteiger partial charge in [0.2, 0.25) is 5.91 Å². The third kappa shape index (κ3) is 6.87. The molecule has 0 atom stereocenters. The highest BCUT2D eigenvalue weighted by Gasteiger charge is 2.05. The second kappa shape index (κ2) is 11.0. The Hall–Kier alpha value is -3.80. The van der Waals surface area contributed by atoms with Crippen molar-refractivity contribution in [2.45, 2.75) is 40.0 Å². The Balaban J connectivity index is 1.74. The topological polar surface area (TPSA) is 88.7 Å². The molecule has 0 bridgehead atoms. The number of ether oxygens (including phenoxy) is 1. The first-order valence-corrected chi connectivity index (χ1v) is 10.7. The summed E-state index contributed by atoms with van der Waals surface area (Å²) in [4.78, 5) is 16.0. The predicted molar refractivity (Wildman–Crippen MR) is 130 cm³/mol. The number of carbonyl (C=O) groups is 1. The molecule has 3 aromatic rings. The Bertz CT molecular complexity index is 1060. The highest BCUT2D eigenvalue weighted by atomic mass is 16.5. The lowest BCUT2D eigenvalue weighted by Crippen LogP contribution is -2.30. The summed E-state index contributed by atoms with van der Waals surface area (Å²) in [5.41, 5.74) is 10.1. The van der Waals surface area contributed by atoms with Crippen LogP contribution in [0.1, 0.15) is 40.9 Å². The molecule has 0 heterocycles. The predicted octanol–water partition coefficient (Wildman–Crippen LogP) is 4.64. The van der Waals surface area contributed by atoms with Crippen LogP contribution in [0.15, 0.2) is 77.8 Å². The smallest absolute Gasteiger partial charge is 0.248 e. The van der Waals surface area contributed by atoms with Gasteiger partial charge >= 0.3 is 0 Å². The molecule has 0 fully saturated rings. The molecule has 0 aliphatic carbocycles. The summed E-state index contributed by atoms with van der Waals surface area (Å²) in [6, 6.07) is 23.2. The van der Waals surface area contributed by atoms with Crippen molar-refractivity contribution < 1.29 is 9.53 Å². The van der Waals surface area contributed by atoms with Gasteiger partial charge < -0.3 is 21.1 Å². The third-order valence-electron chi connectivity index (χ3n) is 4.85. The molecule has 1 amide bonds. The summed E-state index contributed by atoms with van der Waals surface area (Å²) >= 11 is 0. The van der Waals surface area contributed by atoms with E-state index < -0.39 is 5.91 Å². The van der Waals surface area contributed by atoms with Gasteiger partial charge in [-0.25, -0.2) is 4.99 Å². The van der Waals surface area contributed by atoms with Gasteiger partial charge in [-0.15, -0.1) is 0 Å². The number of nitrogens with one attached hydrogen (secondary N) is 2. The van der Waals surface area contributed by atoms with Crippen LogP contribution in [0, 0.1) is 6.92 Å². The van der Waals surface area contributed by atoms with Crippen LogP contribution in [0.4, 0.5) is 5.69 Å². The SMILES string of the molecule is Cc1ccccc1CNC(=NCc1ccc(C(N)=O)cc1)Nc1ccc(OC(C)C)cc1. The lowest BCUT2D eigenvalue weighted by atomic mass is 10.1. The van der Waals surface area contributed by atoms with Crippen molar-refractivity contribution in [2.75, 3.05) is 5.32 Å². The molecule has 4 N–H and O–H groups in total. The maximum absolute atomic E-state index is 11.3. The fourth-order valence-electron chi connectivity index (χ4n) is 3.10. The Kier molecular flexibility index (Phi) is 7.86. The average Bonchev–Trinajstić information content (AvgIpc) is 2.77. The summed E-state index contributed by atoms with van der Waals surface area (Å²) < 4.78 is 5.72. The van der Waals surface area contributed by atoms with Gasteiger partial charge in [0, 0.05) is 17.8 Å². The van der Waals surface area contributed by atoms with Crippen molar-refractivity contribution >= 4 is 17.6 Å². The fourth-order valence-corrected chi connectivity index (χ4v) is 3.10. The van der Waals surface area contributed by atoms with Crippen molar-refractivity contribution in [1.82, 2.24) is 5.32 Å². The van der Waals surface area contributed by atoms with E-state index in [1.165, 1.54) is 11.1 Å². The van der Waals surface area contributed by atoms with Gasteiger partial charge in [0.05, 0.1) is 12.6 Å². The first-order valence-electron chi connectivity index (χ1n) is 10.7. The van der Waals surface area contributed by atoms with Crippen LogP contribution in [-0.4, -0.2) is 18.0 Å². The molecule has 0 aromatic heterocycles. The molecular formula is C26H30N4O2. The minimum atomic E-state index is -0.438. The van der Waals surface area contributed by atoms with Crippen LogP contribution in [0.5, 0.6) is 5.75 Å². The number of anilines is 1. The molecule has 166 valence electrons. The molecule has 0 unspecified atom stereocenters. The summed E-state index contributed by atoms with van der Waals surface area (Å²) in [6.45, 7) is 7.20. The number of benzene rings is 3. The molecule has 6 heteroatoms. The van der Waals surface area contributed by atoms with Gasteiger partial charge in [-0.1, -0.05) is 36.4 Å². The van der Waals surface area contributed by atoms with Crippen LogP contribution < -0.4 is 21.1 Å². The van der Waals surface area contributed by atoms with Crippen LogP contribution >= 0.6 is 0 Å². The minimum absolute atomic E-state index is 0.127. The molecule has 0 saturated carbocycles. The summed E-state index contributed by atoms with van der Waals surface area (Å²) in [6.07, 6.45) is 0.127. The van der Waals surface area contributed by atoms with Crippen LogP contribution in [0.2, 0.25) is 0 Å². The number of hydrogen-bond acceptors (Lipinski definition) is 3. The van der Waals surface area contributed by atoms with E-state index in [-0.39, 0.29) is 6.10 Å². The number of primary amides is 1. The van der Waals surface area contributed by atoms with Crippen molar-refractivity contribution in [3.63, 3.8) is 0 Å². The summed E-state index contributed by atoms with van der Waals surface area (Å²) in [7, 11) is 0. The zero-order chi connectivity index (χ0) is 22.9. The van der Waals surface area contributed by atoms with Gasteiger partial charge in [-0.05, 0) is 73.9 Å². The second-order valence-electron chi connectivity index (χ2n) is 7.82. The largest absolute Gasteiger partial charge is 0.491 e. The highest BCUT2D eigenvalue weighted by Crippen LogP contribution is 2.17. The third-order valence-corrected chi connectivity index (χ3v) is 4.85. The van der Waals surface area contributed by atoms with E-state index in [1.807, 2.05) is 62.4 Å². The zero-order valence-electron chi connectivity index (χ0n) is 18.8. The lowest BCUT2D eigenvalue weighted by Gasteiger charge is -2.15. The quantitative estimate of drug-likeness (QED) is 0.359. The Labute approximate surface area is 189 Å². The second-order valence-corrected chi connectivity index (χ2v) is 7.82. The van der Waals surface area contributed by atoms with Crippen LogP contribution in [-0.2, 0) is 13.1 Å². The van der Waals surface area contributed by atoms with E-state index in [0.29, 0.717) is 24.6 Å². The number of guanidine groups is 1. The first-order chi connectivity index (χ1) is 15.4. The normalized spacial score (nSPS) is 11.3. The number of nitrogens with zero attached hydrogens (tertiary/aromatic N) is 1. The Morgan fingerprint density at radius 3 is 2.31 bits per heavy atom.